The van der Waals surface area contributed by atoms with Crippen LogP contribution >= 0.6 is 11.3 Å². The van der Waals surface area contributed by atoms with Crippen molar-refractivity contribution in [3.05, 3.63) is 70.9 Å². The van der Waals surface area contributed by atoms with Gasteiger partial charge in [0.15, 0.2) is 5.69 Å². The summed E-state index contributed by atoms with van der Waals surface area (Å²) in [6.07, 6.45) is 1.92. The zero-order valence-electron chi connectivity index (χ0n) is 17.4. The number of aromatic nitrogens is 2. The standard InChI is InChI=1S/C26H21N2OS/c1-14-16(3)30-26-22(14)27-13-28(4)23(26)18-11-12-20-21-10-9-17-7-5-6-8-19(17)25(21)29-24(20)15(18)2/h5-13H,1-4H3/q+1. The van der Waals surface area contributed by atoms with Crippen LogP contribution in [0.5, 0.6) is 0 Å². The Balaban J connectivity index is 1.72. The second-order valence-corrected chi connectivity index (χ2v) is 9.27. The van der Waals surface area contributed by atoms with Crippen molar-refractivity contribution in [3.63, 3.8) is 0 Å². The number of rotatable bonds is 1. The van der Waals surface area contributed by atoms with Gasteiger partial charge in [-0.3, -0.25) is 0 Å². The highest BCUT2D eigenvalue weighted by molar-refractivity contribution is 7.19. The minimum Gasteiger partial charge on any atom is -0.455 e. The lowest BCUT2D eigenvalue weighted by atomic mass is 10.00. The average Bonchev–Trinajstić information content (AvgIpc) is 3.27. The summed E-state index contributed by atoms with van der Waals surface area (Å²) in [7, 11) is 2.07. The SMILES string of the molecule is Cc1sc2c(-c3ccc4c(oc5c6ccccc6ccc45)c3C)[n+](C)cnc2c1C. The summed E-state index contributed by atoms with van der Waals surface area (Å²) in [5.74, 6) is 0. The van der Waals surface area contributed by atoms with Crippen LogP contribution in [-0.4, -0.2) is 4.98 Å². The first-order chi connectivity index (χ1) is 14.5. The van der Waals surface area contributed by atoms with E-state index in [4.69, 9.17) is 9.40 Å². The van der Waals surface area contributed by atoms with Crippen molar-refractivity contribution in [1.82, 2.24) is 4.98 Å². The van der Waals surface area contributed by atoms with Crippen LogP contribution in [0.25, 0.3) is 54.2 Å². The molecule has 30 heavy (non-hydrogen) atoms. The smallest absolute Gasteiger partial charge is 0.287 e. The summed E-state index contributed by atoms with van der Waals surface area (Å²) in [6.45, 7) is 6.50. The average molecular weight is 410 g/mol. The summed E-state index contributed by atoms with van der Waals surface area (Å²) in [6, 6.07) is 17.2. The van der Waals surface area contributed by atoms with Crippen LogP contribution in [0.2, 0.25) is 0 Å². The summed E-state index contributed by atoms with van der Waals surface area (Å²) >= 11 is 1.82. The maximum absolute atomic E-state index is 6.52. The summed E-state index contributed by atoms with van der Waals surface area (Å²) in [4.78, 5) is 6.02. The van der Waals surface area contributed by atoms with Crippen molar-refractivity contribution in [2.24, 2.45) is 7.05 Å². The number of hydrogen-bond donors (Lipinski definition) is 0. The Morgan fingerprint density at radius 1 is 0.833 bits per heavy atom. The molecule has 0 saturated carbocycles. The second kappa shape index (κ2) is 6.13. The van der Waals surface area contributed by atoms with Crippen molar-refractivity contribution in [2.75, 3.05) is 0 Å². The number of benzene rings is 3. The van der Waals surface area contributed by atoms with Crippen LogP contribution in [0.15, 0.2) is 59.3 Å². The molecule has 0 bridgehead atoms. The summed E-state index contributed by atoms with van der Waals surface area (Å²) < 4.78 is 9.88. The van der Waals surface area contributed by atoms with E-state index in [1.807, 2.05) is 17.7 Å². The first-order valence-electron chi connectivity index (χ1n) is 10.1. The molecule has 0 atom stereocenters. The molecular weight excluding hydrogens is 388 g/mol. The maximum Gasteiger partial charge on any atom is 0.287 e. The molecule has 0 N–H and O–H groups in total. The van der Waals surface area contributed by atoms with Crippen LogP contribution in [0.3, 0.4) is 0 Å². The predicted molar refractivity (Wildman–Crippen MR) is 125 cm³/mol. The molecule has 0 saturated heterocycles. The Morgan fingerprint density at radius 2 is 1.60 bits per heavy atom. The molecule has 6 aromatic rings. The molecule has 0 aliphatic heterocycles. The maximum atomic E-state index is 6.52. The molecular formula is C26H21N2OS+. The molecule has 0 fully saturated rings. The fourth-order valence-corrected chi connectivity index (χ4v) is 5.77. The molecule has 0 unspecified atom stereocenters. The highest BCUT2D eigenvalue weighted by Crippen LogP contribution is 2.40. The minimum atomic E-state index is 0.966. The molecule has 3 heterocycles. The number of aryl methyl sites for hydroxylation is 4. The van der Waals surface area contributed by atoms with E-state index in [9.17, 15) is 0 Å². The quantitative estimate of drug-likeness (QED) is 0.281. The van der Waals surface area contributed by atoms with Crippen LogP contribution in [0.1, 0.15) is 16.0 Å². The van der Waals surface area contributed by atoms with Gasteiger partial charge in [-0.05, 0) is 49.3 Å². The van der Waals surface area contributed by atoms with Crippen molar-refractivity contribution in [1.29, 1.82) is 0 Å². The molecule has 0 spiro atoms. The molecule has 146 valence electrons. The zero-order valence-corrected chi connectivity index (χ0v) is 18.2. The third-order valence-corrected chi connectivity index (χ3v) is 7.52. The van der Waals surface area contributed by atoms with Crippen LogP contribution in [-0.2, 0) is 7.05 Å². The van der Waals surface area contributed by atoms with Gasteiger partial charge in [0.1, 0.15) is 15.9 Å². The highest BCUT2D eigenvalue weighted by atomic mass is 32.1. The number of furan rings is 1. The van der Waals surface area contributed by atoms with Crippen molar-refractivity contribution in [2.45, 2.75) is 20.8 Å². The fraction of sp³-hybridized carbons (Fsp3) is 0.154. The van der Waals surface area contributed by atoms with Crippen LogP contribution < -0.4 is 4.57 Å². The Bertz CT molecular complexity index is 1640. The van der Waals surface area contributed by atoms with E-state index in [0.717, 1.165) is 22.1 Å². The van der Waals surface area contributed by atoms with Gasteiger partial charge in [-0.25, -0.2) is 4.57 Å². The lowest BCUT2D eigenvalue weighted by Gasteiger charge is -2.07. The summed E-state index contributed by atoms with van der Waals surface area (Å²) in [5.41, 5.74) is 7.86. The Kier molecular flexibility index (Phi) is 3.60. The van der Waals surface area contributed by atoms with E-state index in [2.05, 4.69) is 80.9 Å². The topological polar surface area (TPSA) is 29.9 Å². The molecule has 3 nitrogen and oxygen atoms in total. The lowest BCUT2D eigenvalue weighted by molar-refractivity contribution is -0.662. The van der Waals surface area contributed by atoms with Gasteiger partial charge in [-0.2, -0.15) is 0 Å². The molecule has 0 aliphatic carbocycles. The van der Waals surface area contributed by atoms with Gasteiger partial charge in [-0.1, -0.05) is 30.3 Å². The highest BCUT2D eigenvalue weighted by Gasteiger charge is 2.23. The molecule has 6 rings (SSSR count). The molecule has 0 amide bonds. The van der Waals surface area contributed by atoms with Crippen molar-refractivity contribution in [3.8, 4) is 11.3 Å². The predicted octanol–water partition coefficient (Wildman–Crippen LogP) is 6.77. The van der Waals surface area contributed by atoms with E-state index in [1.165, 1.54) is 48.1 Å². The Hall–Kier alpha value is -3.24. The fourth-order valence-electron chi connectivity index (χ4n) is 4.56. The molecule has 4 heteroatoms. The van der Waals surface area contributed by atoms with E-state index >= 15 is 0 Å². The van der Waals surface area contributed by atoms with Gasteiger partial charge < -0.3 is 4.42 Å². The van der Waals surface area contributed by atoms with Crippen molar-refractivity contribution < 1.29 is 8.98 Å². The van der Waals surface area contributed by atoms with Gasteiger partial charge in [0, 0.05) is 37.7 Å². The normalized spacial score (nSPS) is 12.0. The molecule has 3 aromatic carbocycles. The number of fused-ring (bicyclic) bond motifs is 6. The Morgan fingerprint density at radius 3 is 2.47 bits per heavy atom. The number of hydrogen-bond acceptors (Lipinski definition) is 3. The van der Waals surface area contributed by atoms with Gasteiger partial charge >= 0.3 is 0 Å². The monoisotopic (exact) mass is 409 g/mol. The van der Waals surface area contributed by atoms with Gasteiger partial charge in [0.05, 0.1) is 7.05 Å². The van der Waals surface area contributed by atoms with E-state index in [-0.39, 0.29) is 0 Å². The van der Waals surface area contributed by atoms with Crippen LogP contribution in [0.4, 0.5) is 0 Å². The third-order valence-electron chi connectivity index (χ3n) is 6.32. The van der Waals surface area contributed by atoms with E-state index < -0.39 is 0 Å². The van der Waals surface area contributed by atoms with Gasteiger partial charge in [-0.15, -0.1) is 11.3 Å². The van der Waals surface area contributed by atoms with Gasteiger partial charge in [0.2, 0.25) is 5.52 Å². The van der Waals surface area contributed by atoms with Crippen molar-refractivity contribution >= 4 is 54.3 Å². The zero-order chi connectivity index (χ0) is 20.6. The van der Waals surface area contributed by atoms with Gasteiger partial charge in [0.25, 0.3) is 6.33 Å². The second-order valence-electron chi connectivity index (χ2n) is 8.05. The van der Waals surface area contributed by atoms with E-state index in [1.54, 1.807) is 0 Å². The number of thiophene rings is 1. The molecule has 0 radical (unpaired) electrons. The molecule has 3 aromatic heterocycles. The largest absolute Gasteiger partial charge is 0.455 e. The number of nitrogens with zero attached hydrogens (tertiary/aromatic N) is 2. The first kappa shape index (κ1) is 17.6. The minimum absolute atomic E-state index is 0.966. The van der Waals surface area contributed by atoms with Crippen LogP contribution in [0, 0.1) is 20.8 Å². The van der Waals surface area contributed by atoms with E-state index in [0.29, 0.717) is 0 Å². The lowest BCUT2D eigenvalue weighted by Crippen LogP contribution is -2.31. The third kappa shape index (κ3) is 2.25. The molecule has 0 aliphatic rings. The summed E-state index contributed by atoms with van der Waals surface area (Å²) in [5, 5.41) is 4.70. The Labute approximate surface area is 178 Å². The first-order valence-corrected chi connectivity index (χ1v) is 10.9.